The van der Waals surface area contributed by atoms with Gasteiger partial charge in [-0.3, -0.25) is 0 Å². The van der Waals surface area contributed by atoms with Gasteiger partial charge in [0.15, 0.2) is 5.11 Å². The van der Waals surface area contributed by atoms with E-state index in [4.69, 9.17) is 18.0 Å². The first-order chi connectivity index (χ1) is 6.88. The average Bonchev–Trinajstić information content (AvgIpc) is 2.05. The summed E-state index contributed by atoms with van der Waals surface area (Å²) < 4.78 is 0.175. The lowest BCUT2D eigenvalue weighted by atomic mass is 10.3. The number of nitrogens with two attached hydrogens (primary N) is 1. The second kappa shape index (κ2) is 4.86. The molecule has 0 spiro atoms. The highest BCUT2D eigenvalue weighted by molar-refractivity contribution is 8.00. The Bertz CT molecular complexity index is 356. The van der Waals surface area contributed by atoms with Crippen LogP contribution in [-0.4, -0.2) is 9.86 Å². The molecule has 0 saturated heterocycles. The van der Waals surface area contributed by atoms with Gasteiger partial charge in [-0.1, -0.05) is 32.9 Å². The molecule has 0 fully saturated rings. The molecule has 0 unspecified atom stereocenters. The molecular formula is C11H16N2S2. The lowest BCUT2D eigenvalue weighted by molar-refractivity contribution is 0.803. The molecule has 0 aliphatic carbocycles. The van der Waals surface area contributed by atoms with Gasteiger partial charge in [-0.15, -0.1) is 11.8 Å². The van der Waals surface area contributed by atoms with E-state index < -0.39 is 0 Å². The van der Waals surface area contributed by atoms with Gasteiger partial charge in [0.25, 0.3) is 0 Å². The quantitative estimate of drug-likeness (QED) is 0.615. The van der Waals surface area contributed by atoms with Crippen LogP contribution >= 0.6 is 24.0 Å². The molecule has 3 N–H and O–H groups in total. The van der Waals surface area contributed by atoms with E-state index in [1.165, 1.54) is 0 Å². The molecule has 0 heterocycles. The van der Waals surface area contributed by atoms with Crippen molar-refractivity contribution in [3.63, 3.8) is 0 Å². The molecule has 0 aliphatic rings. The molecule has 0 atom stereocenters. The fraction of sp³-hybridized carbons (Fsp3) is 0.364. The van der Waals surface area contributed by atoms with E-state index in [9.17, 15) is 0 Å². The van der Waals surface area contributed by atoms with Crippen LogP contribution in [0.3, 0.4) is 0 Å². The number of hydrogen-bond acceptors (Lipinski definition) is 2. The minimum absolute atomic E-state index is 0.175. The highest BCUT2D eigenvalue weighted by Crippen LogP contribution is 2.36. The molecule has 1 aromatic carbocycles. The zero-order valence-corrected chi connectivity index (χ0v) is 10.8. The Kier molecular flexibility index (Phi) is 3.99. The zero-order chi connectivity index (χ0) is 11.5. The molecule has 15 heavy (non-hydrogen) atoms. The lowest BCUT2D eigenvalue weighted by Gasteiger charge is -2.20. The number of thiocarbonyl (C=S) groups is 1. The molecule has 1 aromatic rings. The Labute approximate surface area is 101 Å². The van der Waals surface area contributed by atoms with Gasteiger partial charge in [0, 0.05) is 9.64 Å². The second-order valence-corrected chi connectivity index (χ2v) is 6.51. The summed E-state index contributed by atoms with van der Waals surface area (Å²) in [5, 5.41) is 3.29. The third kappa shape index (κ3) is 4.53. The van der Waals surface area contributed by atoms with Crippen LogP contribution in [0.1, 0.15) is 20.8 Å². The third-order valence-corrected chi connectivity index (χ3v) is 2.85. The maximum absolute atomic E-state index is 5.47. The van der Waals surface area contributed by atoms with Crippen LogP contribution in [0.15, 0.2) is 29.2 Å². The maximum atomic E-state index is 5.47. The number of hydrogen-bond donors (Lipinski definition) is 2. The standard InChI is InChI=1S/C11H16N2S2/c1-11(2,3)15-9-7-5-4-6-8(9)13-10(12)14/h4-7H,1-3H3,(H3,12,13,14). The summed E-state index contributed by atoms with van der Waals surface area (Å²) in [5.74, 6) is 0. The van der Waals surface area contributed by atoms with Crippen molar-refractivity contribution in [2.45, 2.75) is 30.4 Å². The Balaban J connectivity index is 2.91. The summed E-state index contributed by atoms with van der Waals surface area (Å²) in [6.07, 6.45) is 0. The van der Waals surface area contributed by atoms with Crippen molar-refractivity contribution in [2.24, 2.45) is 5.73 Å². The van der Waals surface area contributed by atoms with Crippen molar-refractivity contribution in [2.75, 3.05) is 5.32 Å². The molecule has 0 saturated carbocycles. The Hall–Kier alpha value is -0.740. The SMILES string of the molecule is CC(C)(C)Sc1ccccc1NC(N)=S. The number of thioether (sulfide) groups is 1. The van der Waals surface area contributed by atoms with Crippen molar-refractivity contribution < 1.29 is 0 Å². The van der Waals surface area contributed by atoms with E-state index in [1.54, 1.807) is 11.8 Å². The smallest absolute Gasteiger partial charge is 0.168 e. The zero-order valence-electron chi connectivity index (χ0n) is 9.20. The predicted octanol–water partition coefficient (Wildman–Crippen LogP) is 3.23. The van der Waals surface area contributed by atoms with Crippen molar-refractivity contribution in [3.05, 3.63) is 24.3 Å². The Morgan fingerprint density at radius 3 is 2.47 bits per heavy atom. The normalized spacial score (nSPS) is 11.1. The number of rotatable bonds is 2. The van der Waals surface area contributed by atoms with Gasteiger partial charge < -0.3 is 11.1 Å². The molecule has 2 nitrogen and oxygen atoms in total. The van der Waals surface area contributed by atoms with Crippen molar-refractivity contribution in [1.29, 1.82) is 0 Å². The van der Waals surface area contributed by atoms with Crippen LogP contribution in [-0.2, 0) is 0 Å². The first-order valence-electron chi connectivity index (χ1n) is 4.73. The van der Waals surface area contributed by atoms with Gasteiger partial charge in [-0.2, -0.15) is 0 Å². The van der Waals surface area contributed by atoms with Gasteiger partial charge in [0.05, 0.1) is 5.69 Å². The van der Waals surface area contributed by atoms with Crippen LogP contribution in [0.2, 0.25) is 0 Å². The van der Waals surface area contributed by atoms with E-state index in [2.05, 4.69) is 32.2 Å². The van der Waals surface area contributed by atoms with E-state index in [1.807, 2.05) is 18.2 Å². The number of nitrogens with one attached hydrogen (secondary N) is 1. The van der Waals surface area contributed by atoms with Crippen LogP contribution in [0.5, 0.6) is 0 Å². The molecule has 0 aromatic heterocycles. The van der Waals surface area contributed by atoms with E-state index in [0.717, 1.165) is 10.6 Å². The minimum Gasteiger partial charge on any atom is -0.376 e. The van der Waals surface area contributed by atoms with Crippen LogP contribution in [0, 0.1) is 0 Å². The molecule has 4 heteroatoms. The summed E-state index contributed by atoms with van der Waals surface area (Å²) in [7, 11) is 0. The predicted molar refractivity (Wildman–Crippen MR) is 72.5 cm³/mol. The maximum Gasteiger partial charge on any atom is 0.168 e. The van der Waals surface area contributed by atoms with Gasteiger partial charge in [-0.05, 0) is 24.4 Å². The Morgan fingerprint density at radius 2 is 1.93 bits per heavy atom. The van der Waals surface area contributed by atoms with Crippen LogP contribution in [0.4, 0.5) is 5.69 Å². The molecule has 0 amide bonds. The third-order valence-electron chi connectivity index (χ3n) is 1.56. The highest BCUT2D eigenvalue weighted by Gasteiger charge is 2.14. The van der Waals surface area contributed by atoms with Crippen molar-refractivity contribution >= 4 is 34.8 Å². The summed E-state index contributed by atoms with van der Waals surface area (Å²) >= 11 is 6.63. The number of para-hydroxylation sites is 1. The molecule has 0 radical (unpaired) electrons. The minimum atomic E-state index is 0.175. The molecular weight excluding hydrogens is 224 g/mol. The van der Waals surface area contributed by atoms with Gasteiger partial charge in [0.2, 0.25) is 0 Å². The van der Waals surface area contributed by atoms with E-state index in [0.29, 0.717) is 5.11 Å². The summed E-state index contributed by atoms with van der Waals surface area (Å²) in [6, 6.07) is 8.02. The Morgan fingerprint density at radius 1 is 1.33 bits per heavy atom. The topological polar surface area (TPSA) is 38.0 Å². The summed E-state index contributed by atoms with van der Waals surface area (Å²) in [5.41, 5.74) is 6.44. The first kappa shape index (κ1) is 12.3. The molecule has 0 bridgehead atoms. The molecule has 82 valence electrons. The van der Waals surface area contributed by atoms with E-state index >= 15 is 0 Å². The number of benzene rings is 1. The summed E-state index contributed by atoms with van der Waals surface area (Å²) in [4.78, 5) is 1.16. The lowest BCUT2D eigenvalue weighted by Crippen LogP contribution is -2.19. The molecule has 1 rings (SSSR count). The van der Waals surface area contributed by atoms with Gasteiger partial charge >= 0.3 is 0 Å². The number of anilines is 1. The second-order valence-electron chi connectivity index (χ2n) is 4.20. The summed E-state index contributed by atoms with van der Waals surface area (Å²) in [6.45, 7) is 6.53. The average molecular weight is 240 g/mol. The van der Waals surface area contributed by atoms with Crippen molar-refractivity contribution in [1.82, 2.24) is 0 Å². The van der Waals surface area contributed by atoms with Gasteiger partial charge in [0.1, 0.15) is 0 Å². The monoisotopic (exact) mass is 240 g/mol. The van der Waals surface area contributed by atoms with Crippen molar-refractivity contribution in [3.8, 4) is 0 Å². The molecule has 0 aliphatic heterocycles. The van der Waals surface area contributed by atoms with E-state index in [-0.39, 0.29) is 4.75 Å². The fourth-order valence-electron chi connectivity index (χ4n) is 1.12. The van der Waals surface area contributed by atoms with Crippen LogP contribution in [0.25, 0.3) is 0 Å². The first-order valence-corrected chi connectivity index (χ1v) is 5.95. The largest absolute Gasteiger partial charge is 0.376 e. The fourth-order valence-corrected chi connectivity index (χ4v) is 2.27. The van der Waals surface area contributed by atoms with Gasteiger partial charge in [-0.25, -0.2) is 0 Å². The highest BCUT2D eigenvalue weighted by atomic mass is 32.2. The van der Waals surface area contributed by atoms with Crippen LogP contribution < -0.4 is 11.1 Å².